The maximum absolute atomic E-state index is 11.6. The van der Waals surface area contributed by atoms with Gasteiger partial charge in [0.1, 0.15) is 5.75 Å². The van der Waals surface area contributed by atoms with Gasteiger partial charge in [0.2, 0.25) is 0 Å². The molecule has 21 heavy (non-hydrogen) atoms. The molecule has 0 heterocycles. The molecule has 110 valence electrons. The molecule has 0 aliphatic heterocycles. The molecule has 1 atom stereocenters. The molecule has 0 aliphatic carbocycles. The van der Waals surface area contributed by atoms with Gasteiger partial charge in [0.15, 0.2) is 0 Å². The van der Waals surface area contributed by atoms with Gasteiger partial charge >= 0.3 is 5.97 Å². The van der Waals surface area contributed by atoms with Crippen molar-refractivity contribution in [3.63, 3.8) is 0 Å². The number of rotatable bonds is 6. The smallest absolute Gasteiger partial charge is 0.311 e. The first kappa shape index (κ1) is 15.1. The van der Waals surface area contributed by atoms with Crippen LogP contribution >= 0.6 is 0 Å². The lowest BCUT2D eigenvalue weighted by Gasteiger charge is -2.16. The molecule has 0 saturated heterocycles. The van der Waals surface area contributed by atoms with Crippen LogP contribution in [0.2, 0.25) is 0 Å². The first-order valence-electron chi connectivity index (χ1n) is 7.12. The fourth-order valence-electron chi connectivity index (χ4n) is 2.42. The summed E-state index contributed by atoms with van der Waals surface area (Å²) >= 11 is 0. The zero-order valence-electron chi connectivity index (χ0n) is 12.4. The number of benzene rings is 2. The standard InChI is InChI=1S/C18H20O3/c1-3-21-17-10-5-4-8-15(17)12-16(18(19)20)14-9-6-7-13(2)11-14/h4-11,16H,3,12H2,1-2H3,(H,19,20). The number of carboxylic acids is 1. The van der Waals surface area contributed by atoms with E-state index in [0.29, 0.717) is 13.0 Å². The number of carboxylic acid groups (broad SMARTS) is 1. The largest absolute Gasteiger partial charge is 0.494 e. The Hall–Kier alpha value is -2.29. The summed E-state index contributed by atoms with van der Waals surface area (Å²) in [5.41, 5.74) is 2.82. The van der Waals surface area contributed by atoms with E-state index in [1.165, 1.54) is 0 Å². The van der Waals surface area contributed by atoms with Crippen molar-refractivity contribution in [1.82, 2.24) is 0 Å². The molecular weight excluding hydrogens is 264 g/mol. The molecule has 0 bridgehead atoms. The Morgan fingerprint density at radius 3 is 2.62 bits per heavy atom. The third kappa shape index (κ3) is 3.85. The molecule has 0 saturated carbocycles. The molecule has 3 nitrogen and oxygen atoms in total. The summed E-state index contributed by atoms with van der Waals surface area (Å²) in [5.74, 6) is -0.614. The molecule has 0 radical (unpaired) electrons. The molecule has 2 aromatic carbocycles. The Balaban J connectivity index is 2.31. The van der Waals surface area contributed by atoms with Crippen molar-refractivity contribution in [2.75, 3.05) is 6.61 Å². The van der Waals surface area contributed by atoms with Crippen molar-refractivity contribution < 1.29 is 14.6 Å². The predicted molar refractivity (Wildman–Crippen MR) is 82.9 cm³/mol. The lowest BCUT2D eigenvalue weighted by atomic mass is 9.91. The number of carbonyl (C=O) groups is 1. The minimum Gasteiger partial charge on any atom is -0.494 e. The summed E-state index contributed by atoms with van der Waals surface area (Å²) in [7, 11) is 0. The highest BCUT2D eigenvalue weighted by Crippen LogP contribution is 2.27. The Labute approximate surface area is 125 Å². The second-order valence-corrected chi connectivity index (χ2v) is 5.05. The number of ether oxygens (including phenoxy) is 1. The number of para-hydroxylation sites is 1. The van der Waals surface area contributed by atoms with E-state index in [2.05, 4.69) is 0 Å². The van der Waals surface area contributed by atoms with Crippen LogP contribution in [0, 0.1) is 6.92 Å². The lowest BCUT2D eigenvalue weighted by molar-refractivity contribution is -0.138. The van der Waals surface area contributed by atoms with Gasteiger partial charge in [0, 0.05) is 0 Å². The highest BCUT2D eigenvalue weighted by Gasteiger charge is 2.22. The minimum atomic E-state index is -0.813. The molecule has 2 rings (SSSR count). The molecule has 0 fully saturated rings. The summed E-state index contributed by atoms with van der Waals surface area (Å²) < 4.78 is 5.58. The SMILES string of the molecule is CCOc1ccccc1CC(C(=O)O)c1cccc(C)c1. The number of aryl methyl sites for hydroxylation is 1. The van der Waals surface area contributed by atoms with E-state index in [1.54, 1.807) is 0 Å². The van der Waals surface area contributed by atoms with Crippen molar-refractivity contribution in [2.24, 2.45) is 0 Å². The highest BCUT2D eigenvalue weighted by molar-refractivity contribution is 5.76. The summed E-state index contributed by atoms with van der Waals surface area (Å²) in [4.78, 5) is 11.6. The van der Waals surface area contributed by atoms with Gasteiger partial charge in [0.05, 0.1) is 12.5 Å². The van der Waals surface area contributed by atoms with Crippen molar-refractivity contribution in [3.05, 3.63) is 65.2 Å². The number of hydrogen-bond acceptors (Lipinski definition) is 2. The topological polar surface area (TPSA) is 46.5 Å². The van der Waals surface area contributed by atoms with E-state index in [9.17, 15) is 9.90 Å². The van der Waals surface area contributed by atoms with Crippen LogP contribution in [0.5, 0.6) is 5.75 Å². The summed E-state index contributed by atoms with van der Waals surface area (Å²) in [5, 5.41) is 9.56. The molecule has 1 unspecified atom stereocenters. The van der Waals surface area contributed by atoms with Gasteiger partial charge in [-0.2, -0.15) is 0 Å². The van der Waals surface area contributed by atoms with Crippen molar-refractivity contribution in [3.8, 4) is 5.75 Å². The van der Waals surface area contributed by atoms with Crippen LogP contribution in [-0.2, 0) is 11.2 Å². The summed E-state index contributed by atoms with van der Waals surface area (Å²) in [6, 6.07) is 15.3. The number of hydrogen-bond donors (Lipinski definition) is 1. The average molecular weight is 284 g/mol. The van der Waals surface area contributed by atoms with Crippen LogP contribution in [0.15, 0.2) is 48.5 Å². The van der Waals surface area contributed by atoms with Gasteiger partial charge < -0.3 is 9.84 Å². The minimum absolute atomic E-state index is 0.426. The van der Waals surface area contributed by atoms with Crippen LogP contribution in [0.1, 0.15) is 29.5 Å². The van der Waals surface area contributed by atoms with Gasteiger partial charge in [-0.15, -0.1) is 0 Å². The van der Waals surface area contributed by atoms with E-state index < -0.39 is 11.9 Å². The van der Waals surface area contributed by atoms with E-state index in [4.69, 9.17) is 4.74 Å². The Bertz CT molecular complexity index is 619. The van der Waals surface area contributed by atoms with Gasteiger partial charge in [-0.1, -0.05) is 48.0 Å². The van der Waals surface area contributed by atoms with Crippen LogP contribution in [0.3, 0.4) is 0 Å². The molecule has 0 spiro atoms. The van der Waals surface area contributed by atoms with Gasteiger partial charge in [-0.3, -0.25) is 4.79 Å². The van der Waals surface area contributed by atoms with E-state index in [0.717, 1.165) is 22.4 Å². The fraction of sp³-hybridized carbons (Fsp3) is 0.278. The Morgan fingerprint density at radius 2 is 1.95 bits per heavy atom. The zero-order valence-corrected chi connectivity index (χ0v) is 12.4. The third-order valence-corrected chi connectivity index (χ3v) is 3.44. The average Bonchev–Trinajstić information content (AvgIpc) is 2.46. The van der Waals surface area contributed by atoms with Crippen LogP contribution < -0.4 is 4.74 Å². The highest BCUT2D eigenvalue weighted by atomic mass is 16.5. The fourth-order valence-corrected chi connectivity index (χ4v) is 2.42. The second kappa shape index (κ2) is 6.93. The first-order chi connectivity index (χ1) is 10.1. The van der Waals surface area contributed by atoms with Crippen molar-refractivity contribution >= 4 is 5.97 Å². The maximum atomic E-state index is 11.6. The quantitative estimate of drug-likeness (QED) is 0.877. The second-order valence-electron chi connectivity index (χ2n) is 5.05. The maximum Gasteiger partial charge on any atom is 0.311 e. The predicted octanol–water partition coefficient (Wildman–Crippen LogP) is 3.80. The van der Waals surface area contributed by atoms with Crippen LogP contribution in [-0.4, -0.2) is 17.7 Å². The molecular formula is C18H20O3. The third-order valence-electron chi connectivity index (χ3n) is 3.44. The van der Waals surface area contributed by atoms with Crippen LogP contribution in [0.4, 0.5) is 0 Å². The molecule has 0 aromatic heterocycles. The van der Waals surface area contributed by atoms with Gasteiger partial charge in [-0.25, -0.2) is 0 Å². The van der Waals surface area contributed by atoms with Gasteiger partial charge in [-0.05, 0) is 37.5 Å². The lowest BCUT2D eigenvalue weighted by Crippen LogP contribution is -2.15. The van der Waals surface area contributed by atoms with Crippen molar-refractivity contribution in [2.45, 2.75) is 26.2 Å². The van der Waals surface area contributed by atoms with E-state index in [-0.39, 0.29) is 0 Å². The van der Waals surface area contributed by atoms with Crippen LogP contribution in [0.25, 0.3) is 0 Å². The molecule has 1 N–H and O–H groups in total. The normalized spacial score (nSPS) is 11.9. The first-order valence-corrected chi connectivity index (χ1v) is 7.12. The van der Waals surface area contributed by atoms with E-state index >= 15 is 0 Å². The molecule has 2 aromatic rings. The Kier molecular flexibility index (Phi) is 4.99. The molecule has 0 aliphatic rings. The number of aliphatic carboxylic acids is 1. The zero-order chi connectivity index (χ0) is 15.2. The molecule has 3 heteroatoms. The molecule has 0 amide bonds. The Morgan fingerprint density at radius 1 is 1.19 bits per heavy atom. The van der Waals surface area contributed by atoms with E-state index in [1.807, 2.05) is 62.4 Å². The monoisotopic (exact) mass is 284 g/mol. The van der Waals surface area contributed by atoms with Crippen molar-refractivity contribution in [1.29, 1.82) is 0 Å². The van der Waals surface area contributed by atoms with Gasteiger partial charge in [0.25, 0.3) is 0 Å². The summed E-state index contributed by atoms with van der Waals surface area (Å²) in [6.07, 6.45) is 0.426. The summed E-state index contributed by atoms with van der Waals surface area (Å²) in [6.45, 7) is 4.46.